The first-order valence-corrected chi connectivity index (χ1v) is 6.61. The minimum atomic E-state index is 0.525. The summed E-state index contributed by atoms with van der Waals surface area (Å²) in [6, 6.07) is 12.3. The third-order valence-electron chi connectivity index (χ3n) is 2.92. The van der Waals surface area contributed by atoms with E-state index in [0.717, 1.165) is 21.3 Å². The lowest BCUT2D eigenvalue weighted by Gasteiger charge is -2.03. The van der Waals surface area contributed by atoms with Gasteiger partial charge in [0.15, 0.2) is 0 Å². The van der Waals surface area contributed by atoms with Gasteiger partial charge in [-0.2, -0.15) is 0 Å². The number of rotatable bonds is 3. The maximum Gasteiger partial charge on any atom is 0.121 e. The van der Waals surface area contributed by atoms with E-state index in [1.165, 1.54) is 10.8 Å². The Hall–Kier alpha value is -1.52. The number of aromatic amines is 1. The van der Waals surface area contributed by atoms with Crippen LogP contribution in [0.5, 0.6) is 5.75 Å². The average Bonchev–Trinajstić information content (AvgIpc) is 2.72. The third kappa shape index (κ3) is 1.98. The number of H-pyrrole nitrogens is 1. The van der Waals surface area contributed by atoms with Crippen LogP contribution in [0.15, 0.2) is 40.9 Å². The van der Waals surface area contributed by atoms with Crippen molar-refractivity contribution >= 4 is 37.7 Å². The van der Waals surface area contributed by atoms with Gasteiger partial charge < -0.3 is 15.5 Å². The lowest BCUT2D eigenvalue weighted by molar-refractivity contribution is 0.329. The molecule has 0 fully saturated rings. The number of nitrogens with one attached hydrogen (secondary N) is 1. The number of hydrogen-bond acceptors (Lipinski definition) is 2. The van der Waals surface area contributed by atoms with Crippen LogP contribution in [0.3, 0.4) is 0 Å². The normalized spacial score (nSPS) is 11.2. The first-order chi connectivity index (χ1) is 8.78. The molecule has 2 aromatic carbocycles. The predicted molar refractivity (Wildman–Crippen MR) is 78.1 cm³/mol. The van der Waals surface area contributed by atoms with Crippen molar-refractivity contribution in [1.29, 1.82) is 0 Å². The van der Waals surface area contributed by atoms with Gasteiger partial charge in [0.05, 0.1) is 5.52 Å². The molecule has 18 heavy (non-hydrogen) atoms. The van der Waals surface area contributed by atoms with Crippen LogP contribution in [0.2, 0.25) is 0 Å². The SMILES string of the molecule is NCCOc1ccc2c(c1)[nH]c1cc(Br)ccc12. The lowest BCUT2D eigenvalue weighted by atomic mass is 10.1. The van der Waals surface area contributed by atoms with E-state index in [1.54, 1.807) is 0 Å². The van der Waals surface area contributed by atoms with Crippen molar-refractivity contribution in [2.24, 2.45) is 5.73 Å². The predicted octanol–water partition coefficient (Wildman–Crippen LogP) is 3.42. The van der Waals surface area contributed by atoms with E-state index in [-0.39, 0.29) is 0 Å². The van der Waals surface area contributed by atoms with E-state index in [2.05, 4.69) is 45.2 Å². The van der Waals surface area contributed by atoms with E-state index in [1.807, 2.05) is 12.1 Å². The van der Waals surface area contributed by atoms with Crippen molar-refractivity contribution in [1.82, 2.24) is 4.98 Å². The summed E-state index contributed by atoms with van der Waals surface area (Å²) in [6.07, 6.45) is 0. The van der Waals surface area contributed by atoms with E-state index in [4.69, 9.17) is 10.5 Å². The molecule has 0 saturated heterocycles. The second kappa shape index (κ2) is 4.63. The summed E-state index contributed by atoms with van der Waals surface area (Å²) in [5.74, 6) is 0.846. The smallest absolute Gasteiger partial charge is 0.121 e. The molecule has 3 aromatic rings. The average molecular weight is 305 g/mol. The van der Waals surface area contributed by atoms with Gasteiger partial charge in [-0.05, 0) is 24.3 Å². The highest BCUT2D eigenvalue weighted by molar-refractivity contribution is 9.10. The van der Waals surface area contributed by atoms with Crippen LogP contribution in [0, 0.1) is 0 Å². The summed E-state index contributed by atoms with van der Waals surface area (Å²) >= 11 is 3.48. The Labute approximate surface area is 113 Å². The van der Waals surface area contributed by atoms with E-state index < -0.39 is 0 Å². The summed E-state index contributed by atoms with van der Waals surface area (Å²) in [4.78, 5) is 3.39. The minimum absolute atomic E-state index is 0.525. The molecule has 0 aliphatic rings. The molecule has 0 spiro atoms. The van der Waals surface area contributed by atoms with E-state index in [9.17, 15) is 0 Å². The number of nitrogens with two attached hydrogens (primary N) is 1. The summed E-state index contributed by atoms with van der Waals surface area (Å²) < 4.78 is 6.60. The van der Waals surface area contributed by atoms with Gasteiger partial charge in [-0.3, -0.25) is 0 Å². The van der Waals surface area contributed by atoms with Gasteiger partial charge in [-0.1, -0.05) is 22.0 Å². The highest BCUT2D eigenvalue weighted by atomic mass is 79.9. The van der Waals surface area contributed by atoms with Crippen LogP contribution in [0.4, 0.5) is 0 Å². The molecule has 1 aromatic heterocycles. The number of fused-ring (bicyclic) bond motifs is 3. The second-order valence-corrected chi connectivity index (χ2v) is 5.08. The zero-order valence-corrected chi connectivity index (χ0v) is 11.3. The Morgan fingerprint density at radius 2 is 1.78 bits per heavy atom. The first-order valence-electron chi connectivity index (χ1n) is 5.82. The summed E-state index contributed by atoms with van der Waals surface area (Å²) in [5.41, 5.74) is 7.63. The zero-order chi connectivity index (χ0) is 12.5. The molecule has 0 bridgehead atoms. The maximum absolute atomic E-state index is 5.53. The largest absolute Gasteiger partial charge is 0.492 e. The molecular weight excluding hydrogens is 292 g/mol. The first kappa shape index (κ1) is 11.6. The van der Waals surface area contributed by atoms with E-state index >= 15 is 0 Å². The Morgan fingerprint density at radius 1 is 1.06 bits per heavy atom. The zero-order valence-electron chi connectivity index (χ0n) is 9.74. The Balaban J connectivity index is 2.14. The molecular formula is C14H13BrN2O. The number of hydrogen-bond donors (Lipinski definition) is 2. The maximum atomic E-state index is 5.53. The van der Waals surface area contributed by atoms with E-state index in [0.29, 0.717) is 13.2 Å². The van der Waals surface area contributed by atoms with Gasteiger partial charge in [-0.25, -0.2) is 0 Å². The molecule has 0 aliphatic carbocycles. The van der Waals surface area contributed by atoms with Gasteiger partial charge >= 0.3 is 0 Å². The fourth-order valence-corrected chi connectivity index (χ4v) is 2.49. The highest BCUT2D eigenvalue weighted by Gasteiger charge is 2.05. The number of benzene rings is 2. The number of halogens is 1. The highest BCUT2D eigenvalue weighted by Crippen LogP contribution is 2.29. The molecule has 0 radical (unpaired) electrons. The molecule has 3 rings (SSSR count). The topological polar surface area (TPSA) is 51.0 Å². The van der Waals surface area contributed by atoms with Gasteiger partial charge in [-0.15, -0.1) is 0 Å². The van der Waals surface area contributed by atoms with Crippen molar-refractivity contribution in [3.8, 4) is 5.75 Å². The van der Waals surface area contributed by atoms with Crippen LogP contribution < -0.4 is 10.5 Å². The third-order valence-corrected chi connectivity index (χ3v) is 3.41. The summed E-state index contributed by atoms with van der Waals surface area (Å²) in [5, 5.41) is 2.43. The molecule has 1 heterocycles. The second-order valence-electron chi connectivity index (χ2n) is 4.16. The Morgan fingerprint density at radius 3 is 2.56 bits per heavy atom. The van der Waals surface area contributed by atoms with Crippen LogP contribution in [0.25, 0.3) is 21.8 Å². The van der Waals surface area contributed by atoms with Gasteiger partial charge in [0.1, 0.15) is 12.4 Å². The summed E-state index contributed by atoms with van der Waals surface area (Å²) in [6.45, 7) is 1.06. The van der Waals surface area contributed by atoms with Gasteiger partial charge in [0.2, 0.25) is 0 Å². The fourth-order valence-electron chi connectivity index (χ4n) is 2.13. The van der Waals surface area contributed by atoms with Crippen molar-refractivity contribution in [3.63, 3.8) is 0 Å². The van der Waals surface area contributed by atoms with Crippen LogP contribution >= 0.6 is 15.9 Å². The summed E-state index contributed by atoms with van der Waals surface area (Å²) in [7, 11) is 0. The van der Waals surface area contributed by atoms with Crippen LogP contribution in [-0.4, -0.2) is 18.1 Å². The van der Waals surface area contributed by atoms with Crippen molar-refractivity contribution in [2.45, 2.75) is 0 Å². The lowest BCUT2D eigenvalue weighted by Crippen LogP contribution is -2.10. The molecule has 3 nitrogen and oxygen atoms in total. The van der Waals surface area contributed by atoms with Crippen LogP contribution in [-0.2, 0) is 0 Å². The monoisotopic (exact) mass is 304 g/mol. The standard InChI is InChI=1S/C14H13BrN2O/c15-9-1-3-11-12-4-2-10(18-6-5-16)8-14(12)17-13(11)7-9/h1-4,7-8,17H,5-6,16H2. The molecule has 92 valence electrons. The van der Waals surface area contributed by atoms with Gasteiger partial charge in [0.25, 0.3) is 0 Å². The molecule has 3 N–H and O–H groups in total. The van der Waals surface area contributed by atoms with Crippen molar-refractivity contribution in [3.05, 3.63) is 40.9 Å². The minimum Gasteiger partial charge on any atom is -0.492 e. The van der Waals surface area contributed by atoms with Gasteiger partial charge in [0, 0.05) is 33.4 Å². The van der Waals surface area contributed by atoms with Crippen molar-refractivity contribution in [2.75, 3.05) is 13.2 Å². The Kier molecular flexibility index (Phi) is 2.97. The van der Waals surface area contributed by atoms with Crippen molar-refractivity contribution < 1.29 is 4.74 Å². The molecule has 0 unspecified atom stereocenters. The number of aromatic nitrogens is 1. The molecule has 0 aliphatic heterocycles. The fraction of sp³-hybridized carbons (Fsp3) is 0.143. The molecule has 0 amide bonds. The molecule has 0 saturated carbocycles. The quantitative estimate of drug-likeness (QED) is 0.779. The molecule has 0 atom stereocenters. The number of ether oxygens (including phenoxy) is 1. The molecule has 4 heteroatoms. The Bertz CT molecular complexity index is 705. The van der Waals surface area contributed by atoms with Crippen LogP contribution in [0.1, 0.15) is 0 Å².